The van der Waals surface area contributed by atoms with E-state index in [1.165, 1.54) is 16.3 Å². The van der Waals surface area contributed by atoms with Gasteiger partial charge in [0.1, 0.15) is 0 Å². The minimum Gasteiger partial charge on any atom is -0.258 e. The molecule has 0 saturated heterocycles. The molecule has 0 fully saturated rings. The van der Waals surface area contributed by atoms with Crippen LogP contribution in [0.3, 0.4) is 0 Å². The van der Waals surface area contributed by atoms with Crippen LogP contribution in [0.15, 0.2) is 71.9 Å². The van der Waals surface area contributed by atoms with Gasteiger partial charge < -0.3 is 0 Å². The number of rotatable bonds is 4. The van der Waals surface area contributed by atoms with Crippen molar-refractivity contribution in [2.45, 2.75) is 10.9 Å². The van der Waals surface area contributed by atoms with Crippen LogP contribution in [-0.4, -0.2) is 15.2 Å². The quantitative estimate of drug-likeness (QED) is 0.488. The van der Waals surface area contributed by atoms with Gasteiger partial charge in [0.15, 0.2) is 5.82 Å². The van der Waals surface area contributed by atoms with Crippen LogP contribution in [0.5, 0.6) is 0 Å². The first-order valence-electron chi connectivity index (χ1n) is 7.57. The summed E-state index contributed by atoms with van der Waals surface area (Å²) in [6, 6.07) is 22.4. The molecule has 0 aliphatic carbocycles. The number of H-pyrrole nitrogens is 1. The highest BCUT2D eigenvalue weighted by Gasteiger charge is 2.08. The van der Waals surface area contributed by atoms with Gasteiger partial charge in [-0.05, 0) is 40.6 Å². The third-order valence-corrected chi connectivity index (χ3v) is 4.97. The van der Waals surface area contributed by atoms with E-state index in [4.69, 9.17) is 11.6 Å². The molecule has 0 unspecified atom stereocenters. The standard InChI is InChI=1S/C19H14ClN3S/c20-16-10-8-14(9-11-16)18-21-19(23-22-18)24-12-15-6-3-5-13-4-1-2-7-17(13)15/h1-11H,12H2,(H,21,22,23). The van der Waals surface area contributed by atoms with E-state index >= 15 is 0 Å². The molecule has 0 aliphatic heterocycles. The Balaban J connectivity index is 1.53. The number of hydrogen-bond acceptors (Lipinski definition) is 3. The van der Waals surface area contributed by atoms with Gasteiger partial charge in [0.2, 0.25) is 5.16 Å². The molecule has 5 heteroatoms. The van der Waals surface area contributed by atoms with Gasteiger partial charge in [-0.3, -0.25) is 5.10 Å². The fourth-order valence-electron chi connectivity index (χ4n) is 2.61. The first-order valence-corrected chi connectivity index (χ1v) is 8.94. The third-order valence-electron chi connectivity index (χ3n) is 3.82. The van der Waals surface area contributed by atoms with Crippen LogP contribution >= 0.6 is 23.4 Å². The number of nitrogens with zero attached hydrogens (tertiary/aromatic N) is 2. The molecule has 0 bridgehead atoms. The van der Waals surface area contributed by atoms with Crippen molar-refractivity contribution in [3.8, 4) is 11.4 Å². The van der Waals surface area contributed by atoms with Crippen molar-refractivity contribution in [1.29, 1.82) is 0 Å². The molecule has 3 nitrogen and oxygen atoms in total. The normalized spacial score (nSPS) is 11.0. The molecule has 0 spiro atoms. The van der Waals surface area contributed by atoms with Gasteiger partial charge >= 0.3 is 0 Å². The zero-order chi connectivity index (χ0) is 16.4. The summed E-state index contributed by atoms with van der Waals surface area (Å²) < 4.78 is 0. The van der Waals surface area contributed by atoms with Crippen LogP contribution in [-0.2, 0) is 5.75 Å². The highest BCUT2D eigenvalue weighted by atomic mass is 35.5. The van der Waals surface area contributed by atoms with Crippen LogP contribution in [0, 0.1) is 0 Å². The van der Waals surface area contributed by atoms with E-state index in [0.29, 0.717) is 5.02 Å². The van der Waals surface area contributed by atoms with Gasteiger partial charge in [0.25, 0.3) is 0 Å². The van der Waals surface area contributed by atoms with E-state index in [1.54, 1.807) is 11.8 Å². The maximum atomic E-state index is 5.92. The lowest BCUT2D eigenvalue weighted by Crippen LogP contribution is -1.85. The summed E-state index contributed by atoms with van der Waals surface area (Å²) in [7, 11) is 0. The maximum Gasteiger partial charge on any atom is 0.209 e. The molecular formula is C19H14ClN3S. The highest BCUT2D eigenvalue weighted by Crippen LogP contribution is 2.27. The molecule has 3 aromatic carbocycles. The predicted octanol–water partition coefficient (Wildman–Crippen LogP) is 5.57. The molecule has 4 aromatic rings. The van der Waals surface area contributed by atoms with E-state index in [9.17, 15) is 0 Å². The highest BCUT2D eigenvalue weighted by molar-refractivity contribution is 7.98. The summed E-state index contributed by atoms with van der Waals surface area (Å²) in [6.45, 7) is 0. The summed E-state index contributed by atoms with van der Waals surface area (Å²) in [4.78, 5) is 4.56. The van der Waals surface area contributed by atoms with Gasteiger partial charge in [-0.1, -0.05) is 65.8 Å². The second kappa shape index (κ2) is 6.67. The number of nitrogens with one attached hydrogen (secondary N) is 1. The van der Waals surface area contributed by atoms with Crippen molar-refractivity contribution in [2.24, 2.45) is 0 Å². The van der Waals surface area contributed by atoms with Gasteiger partial charge in [0, 0.05) is 16.3 Å². The molecule has 118 valence electrons. The zero-order valence-corrected chi connectivity index (χ0v) is 14.3. The lowest BCUT2D eigenvalue weighted by molar-refractivity contribution is 0.973. The SMILES string of the molecule is Clc1ccc(-c2nc(SCc3cccc4ccccc34)n[nH]2)cc1. The van der Waals surface area contributed by atoms with E-state index in [1.807, 2.05) is 24.3 Å². The number of aromatic nitrogens is 3. The fraction of sp³-hybridized carbons (Fsp3) is 0.0526. The Hall–Kier alpha value is -2.30. The Morgan fingerprint density at radius 2 is 1.71 bits per heavy atom. The van der Waals surface area contributed by atoms with Gasteiger partial charge in [-0.15, -0.1) is 5.10 Å². The van der Waals surface area contributed by atoms with Crippen molar-refractivity contribution in [3.63, 3.8) is 0 Å². The van der Waals surface area contributed by atoms with Crippen molar-refractivity contribution in [3.05, 3.63) is 77.3 Å². The Kier molecular flexibility index (Phi) is 4.24. The van der Waals surface area contributed by atoms with E-state index in [2.05, 4.69) is 57.6 Å². The first kappa shape index (κ1) is 15.2. The second-order valence-electron chi connectivity index (χ2n) is 5.40. The van der Waals surface area contributed by atoms with Crippen molar-refractivity contribution in [2.75, 3.05) is 0 Å². The number of fused-ring (bicyclic) bond motifs is 1. The largest absolute Gasteiger partial charge is 0.258 e. The number of halogens is 1. The van der Waals surface area contributed by atoms with Crippen LogP contribution in [0.2, 0.25) is 5.02 Å². The summed E-state index contributed by atoms with van der Waals surface area (Å²) >= 11 is 7.55. The summed E-state index contributed by atoms with van der Waals surface area (Å²) in [5.41, 5.74) is 2.26. The van der Waals surface area contributed by atoms with Crippen LogP contribution in [0.4, 0.5) is 0 Å². The molecule has 24 heavy (non-hydrogen) atoms. The summed E-state index contributed by atoms with van der Waals surface area (Å²) in [5.74, 6) is 1.59. The topological polar surface area (TPSA) is 41.6 Å². The van der Waals surface area contributed by atoms with Crippen molar-refractivity contribution < 1.29 is 0 Å². The Labute approximate surface area is 149 Å². The molecule has 1 aromatic heterocycles. The third kappa shape index (κ3) is 3.16. The Bertz CT molecular complexity index is 974. The molecule has 0 atom stereocenters. The monoisotopic (exact) mass is 351 g/mol. The number of hydrogen-bond donors (Lipinski definition) is 1. The van der Waals surface area contributed by atoms with Gasteiger partial charge in [0.05, 0.1) is 0 Å². The first-order chi connectivity index (χ1) is 11.8. The minimum absolute atomic E-state index is 0.712. The molecule has 0 amide bonds. The van der Waals surface area contributed by atoms with Gasteiger partial charge in [-0.25, -0.2) is 4.98 Å². The zero-order valence-electron chi connectivity index (χ0n) is 12.7. The van der Waals surface area contributed by atoms with Crippen LogP contribution < -0.4 is 0 Å². The number of aromatic amines is 1. The maximum absolute atomic E-state index is 5.92. The molecular weight excluding hydrogens is 338 g/mol. The van der Waals surface area contributed by atoms with E-state index in [0.717, 1.165) is 22.3 Å². The van der Waals surface area contributed by atoms with E-state index < -0.39 is 0 Å². The number of thioether (sulfide) groups is 1. The predicted molar refractivity (Wildman–Crippen MR) is 100 cm³/mol. The lowest BCUT2D eigenvalue weighted by Gasteiger charge is -2.04. The number of benzene rings is 3. The molecule has 0 saturated carbocycles. The molecule has 0 radical (unpaired) electrons. The smallest absolute Gasteiger partial charge is 0.209 e. The Morgan fingerprint density at radius 3 is 2.58 bits per heavy atom. The van der Waals surface area contributed by atoms with Crippen LogP contribution in [0.25, 0.3) is 22.2 Å². The molecule has 4 rings (SSSR count). The average Bonchev–Trinajstić information content (AvgIpc) is 3.09. The van der Waals surface area contributed by atoms with Crippen molar-refractivity contribution in [1.82, 2.24) is 15.2 Å². The van der Waals surface area contributed by atoms with Crippen LogP contribution in [0.1, 0.15) is 5.56 Å². The fourth-order valence-corrected chi connectivity index (χ4v) is 3.54. The molecule has 0 aliphatic rings. The average molecular weight is 352 g/mol. The lowest BCUT2D eigenvalue weighted by atomic mass is 10.1. The molecule has 1 heterocycles. The van der Waals surface area contributed by atoms with Crippen molar-refractivity contribution >= 4 is 34.1 Å². The second-order valence-corrected chi connectivity index (χ2v) is 6.78. The summed E-state index contributed by atoms with van der Waals surface area (Å²) in [6.07, 6.45) is 0. The van der Waals surface area contributed by atoms with Gasteiger partial charge in [-0.2, -0.15) is 0 Å². The minimum atomic E-state index is 0.712. The summed E-state index contributed by atoms with van der Waals surface area (Å²) in [5, 5.41) is 11.3. The van der Waals surface area contributed by atoms with E-state index in [-0.39, 0.29) is 0 Å². The molecule has 1 N–H and O–H groups in total. The Morgan fingerprint density at radius 1 is 0.917 bits per heavy atom.